The Kier molecular flexibility index (Phi) is 6.98. The zero-order chi connectivity index (χ0) is 26.8. The van der Waals surface area contributed by atoms with E-state index in [0.29, 0.717) is 17.7 Å². The minimum atomic E-state index is -5.28. The summed E-state index contributed by atoms with van der Waals surface area (Å²) in [5, 5.41) is 2.73. The number of carbonyl (C=O) groups excluding carboxylic acids is 2. The third-order valence-corrected chi connectivity index (χ3v) is 6.43. The highest BCUT2D eigenvalue weighted by Gasteiger charge is 2.60. The number of nitrogens with one attached hydrogen (secondary N) is 1. The lowest BCUT2D eigenvalue weighted by Gasteiger charge is -2.32. The molecule has 1 heterocycles. The van der Waals surface area contributed by atoms with E-state index >= 15 is 0 Å². The third-order valence-electron chi connectivity index (χ3n) is 6.43. The molecule has 194 valence electrons. The first-order valence-corrected chi connectivity index (χ1v) is 11.4. The lowest BCUT2D eigenvalue weighted by Crippen LogP contribution is -2.64. The van der Waals surface area contributed by atoms with Gasteiger partial charge < -0.3 is 9.47 Å². The molecule has 7 nitrogen and oxygen atoms in total. The Hall–Kier alpha value is -3.89. The minimum Gasteiger partial charge on any atom is -0.497 e. The van der Waals surface area contributed by atoms with Crippen LogP contribution in [0.2, 0.25) is 0 Å². The molecule has 37 heavy (non-hydrogen) atoms. The molecule has 1 amide bonds. The van der Waals surface area contributed by atoms with E-state index in [2.05, 4.69) is 10.1 Å². The van der Waals surface area contributed by atoms with Crippen LogP contribution in [0.1, 0.15) is 17.5 Å². The topological polar surface area (TPSA) is 93.9 Å². The largest absolute Gasteiger partial charge is 0.497 e. The first-order chi connectivity index (χ1) is 17.5. The molecule has 0 radical (unpaired) electrons. The Bertz CT molecular complexity index is 1300. The summed E-state index contributed by atoms with van der Waals surface area (Å²) in [5.41, 5.74) is 7.73. The first-order valence-electron chi connectivity index (χ1n) is 11.4. The van der Waals surface area contributed by atoms with Crippen LogP contribution in [-0.4, -0.2) is 43.1 Å². The average Bonchev–Trinajstić information content (AvgIpc) is 3.09. The van der Waals surface area contributed by atoms with Crippen LogP contribution in [0.4, 0.5) is 13.2 Å². The van der Waals surface area contributed by atoms with Crippen LogP contribution < -0.4 is 15.8 Å². The Morgan fingerprint density at radius 1 is 1.00 bits per heavy atom. The third kappa shape index (κ3) is 5.16. The molecule has 1 fully saturated rings. The maximum atomic E-state index is 13.6. The second-order valence-corrected chi connectivity index (χ2v) is 8.78. The first kappa shape index (κ1) is 26.2. The Morgan fingerprint density at radius 3 is 2.30 bits per heavy atom. The number of methoxy groups -OCH3 is 1. The average molecular weight is 514 g/mol. The van der Waals surface area contributed by atoms with Crippen LogP contribution in [0.25, 0.3) is 11.1 Å². The van der Waals surface area contributed by atoms with Crippen molar-refractivity contribution in [2.75, 3.05) is 14.2 Å². The maximum absolute atomic E-state index is 13.6. The molecule has 3 aromatic carbocycles. The second-order valence-electron chi connectivity index (χ2n) is 8.78. The Labute approximate surface area is 212 Å². The molecule has 0 spiro atoms. The number of nitrogens with two attached hydrogens (primary N) is 1. The number of nitrogens with zero attached hydrogens (tertiary/aromatic N) is 1. The van der Waals surface area contributed by atoms with Gasteiger partial charge in [-0.15, -0.1) is 0 Å². The van der Waals surface area contributed by atoms with Crippen molar-refractivity contribution in [3.05, 3.63) is 90.0 Å². The van der Waals surface area contributed by atoms with E-state index in [9.17, 15) is 22.8 Å². The summed E-state index contributed by atoms with van der Waals surface area (Å²) in [6, 6.07) is 23.8. The van der Waals surface area contributed by atoms with Gasteiger partial charge in [-0.1, -0.05) is 66.7 Å². The fraction of sp³-hybridized carbons (Fsp3) is 0.259. The summed E-state index contributed by atoms with van der Waals surface area (Å²) in [5.74, 6) is -4.92. The minimum absolute atomic E-state index is 0.129. The van der Waals surface area contributed by atoms with E-state index in [1.165, 1.54) is 7.05 Å². The van der Waals surface area contributed by atoms with E-state index in [-0.39, 0.29) is 6.42 Å². The van der Waals surface area contributed by atoms with Gasteiger partial charge in [0.15, 0.2) is 0 Å². The molecule has 2 atom stereocenters. The van der Waals surface area contributed by atoms with Crippen molar-refractivity contribution in [1.29, 1.82) is 0 Å². The molecular formula is C27H26F3N3O4. The quantitative estimate of drug-likeness (QED) is 0.367. The van der Waals surface area contributed by atoms with Gasteiger partial charge in [0, 0.05) is 7.05 Å². The fourth-order valence-electron chi connectivity index (χ4n) is 4.45. The number of hydrogen-bond acceptors (Lipinski definition) is 6. The van der Waals surface area contributed by atoms with Crippen molar-refractivity contribution >= 4 is 11.9 Å². The number of ether oxygens (including phenoxy) is 2. The van der Waals surface area contributed by atoms with Crippen molar-refractivity contribution in [2.45, 2.75) is 30.5 Å². The molecule has 3 N–H and O–H groups in total. The van der Waals surface area contributed by atoms with Gasteiger partial charge in [-0.3, -0.25) is 15.4 Å². The molecule has 2 unspecified atom stereocenters. The normalized spacial score (nSPS) is 21.7. The zero-order valence-corrected chi connectivity index (χ0v) is 20.2. The smallest absolute Gasteiger partial charge is 0.491 e. The van der Waals surface area contributed by atoms with Crippen molar-refractivity contribution in [2.24, 2.45) is 5.73 Å². The van der Waals surface area contributed by atoms with E-state index in [4.69, 9.17) is 10.5 Å². The molecule has 0 aromatic heterocycles. The molecule has 0 aliphatic carbocycles. The fourth-order valence-corrected chi connectivity index (χ4v) is 4.45. The number of rotatable bonds is 7. The lowest BCUT2D eigenvalue weighted by atomic mass is 9.84. The number of alkyl halides is 3. The molecule has 1 aliphatic rings. The van der Waals surface area contributed by atoms with Crippen LogP contribution >= 0.6 is 0 Å². The van der Waals surface area contributed by atoms with Gasteiger partial charge >= 0.3 is 18.1 Å². The van der Waals surface area contributed by atoms with Crippen molar-refractivity contribution < 1.29 is 32.2 Å². The maximum Gasteiger partial charge on any atom is 0.491 e. The summed E-state index contributed by atoms with van der Waals surface area (Å²) < 4.78 is 48.7. The molecule has 3 aromatic rings. The number of amides is 1. The summed E-state index contributed by atoms with van der Waals surface area (Å²) in [6.07, 6.45) is -4.79. The molecule has 4 rings (SSSR count). The van der Waals surface area contributed by atoms with Gasteiger partial charge in [-0.2, -0.15) is 13.2 Å². The summed E-state index contributed by atoms with van der Waals surface area (Å²) in [7, 11) is 2.78. The molecule has 10 heteroatoms. The summed E-state index contributed by atoms with van der Waals surface area (Å²) in [4.78, 5) is 25.9. The van der Waals surface area contributed by atoms with Gasteiger partial charge in [0.25, 0.3) is 5.91 Å². The van der Waals surface area contributed by atoms with Crippen LogP contribution in [0, 0.1) is 0 Å². The molecule has 0 saturated carbocycles. The second kappa shape index (κ2) is 9.87. The Morgan fingerprint density at radius 2 is 1.65 bits per heavy atom. The van der Waals surface area contributed by atoms with Crippen LogP contribution in [0.15, 0.2) is 78.9 Å². The van der Waals surface area contributed by atoms with Crippen LogP contribution in [-0.2, 0) is 26.3 Å². The predicted octanol–water partition coefficient (Wildman–Crippen LogP) is 3.93. The number of esters is 1. The Balaban J connectivity index is 1.66. The number of carbonyl (C=O) groups is 2. The van der Waals surface area contributed by atoms with Gasteiger partial charge in [0.2, 0.25) is 0 Å². The van der Waals surface area contributed by atoms with Gasteiger partial charge in [0.05, 0.1) is 7.11 Å². The SMILES string of the molecule is COc1cccc(-c2cccc(CCC3(c4ccccc4)NC(N)(OC(=O)C(F)(F)F)N(C)C3=O)c2)c1. The number of hydrogen-bond donors (Lipinski definition) is 2. The monoisotopic (exact) mass is 513 g/mol. The molecule has 1 aliphatic heterocycles. The number of halogens is 3. The predicted molar refractivity (Wildman–Crippen MR) is 130 cm³/mol. The van der Waals surface area contributed by atoms with Gasteiger partial charge in [-0.05, 0) is 47.2 Å². The highest BCUT2D eigenvalue weighted by atomic mass is 19.4. The standard InChI is InChI=1S/C27H26F3N3O4/c1-33-23(34)25(21-11-4-3-5-12-21,32-27(33,31)37-24(35)26(28,29)30)15-14-18-8-6-9-19(16-18)20-10-7-13-22(17-20)36-2/h3-13,16-17,32H,14-15,31H2,1-2H3. The van der Waals surface area contributed by atoms with Gasteiger partial charge in [0.1, 0.15) is 11.3 Å². The molecule has 1 saturated heterocycles. The number of benzene rings is 3. The van der Waals surface area contributed by atoms with E-state index < -0.39 is 29.6 Å². The number of likely N-dealkylation sites (N-methyl/N-ethyl adjacent to an activating group) is 1. The van der Waals surface area contributed by atoms with E-state index in [1.807, 2.05) is 48.5 Å². The van der Waals surface area contributed by atoms with Crippen molar-refractivity contribution in [3.8, 4) is 16.9 Å². The highest BCUT2D eigenvalue weighted by Crippen LogP contribution is 2.38. The van der Waals surface area contributed by atoms with Crippen LogP contribution in [0.3, 0.4) is 0 Å². The highest BCUT2D eigenvalue weighted by molar-refractivity contribution is 5.91. The van der Waals surface area contributed by atoms with E-state index in [0.717, 1.165) is 21.6 Å². The lowest BCUT2D eigenvalue weighted by molar-refractivity contribution is -0.229. The molecular weight excluding hydrogens is 487 g/mol. The van der Waals surface area contributed by atoms with Gasteiger partial charge in [-0.25, -0.2) is 10.1 Å². The summed E-state index contributed by atoms with van der Waals surface area (Å²) >= 11 is 0. The van der Waals surface area contributed by atoms with E-state index in [1.54, 1.807) is 37.4 Å². The van der Waals surface area contributed by atoms with Crippen LogP contribution in [0.5, 0.6) is 5.75 Å². The number of aryl methyl sites for hydroxylation is 1. The van der Waals surface area contributed by atoms with Crippen molar-refractivity contribution in [1.82, 2.24) is 10.2 Å². The summed E-state index contributed by atoms with van der Waals surface area (Å²) in [6.45, 7) is 0. The van der Waals surface area contributed by atoms with Crippen molar-refractivity contribution in [3.63, 3.8) is 0 Å². The zero-order valence-electron chi connectivity index (χ0n) is 20.2. The molecule has 0 bridgehead atoms.